The second-order valence-corrected chi connectivity index (χ2v) is 4.31. The maximum absolute atomic E-state index is 12.9. The van der Waals surface area contributed by atoms with Crippen molar-refractivity contribution in [3.63, 3.8) is 0 Å². The van der Waals surface area contributed by atoms with Gasteiger partial charge in [-0.15, -0.1) is 0 Å². The number of carbonyl (C=O) groups excluding carboxylic acids is 1. The Hall–Kier alpha value is -2.48. The molecule has 1 aromatic rings. The Labute approximate surface area is 120 Å². The van der Waals surface area contributed by atoms with Crippen LogP contribution in [0.15, 0.2) is 24.3 Å². The van der Waals surface area contributed by atoms with Crippen LogP contribution in [0.5, 0.6) is 0 Å². The normalized spacial score (nSPS) is 10.4. The molecule has 0 spiro atoms. The van der Waals surface area contributed by atoms with Crippen LogP contribution in [0.4, 0.5) is 10.1 Å². The summed E-state index contributed by atoms with van der Waals surface area (Å²) in [7, 11) is 0. The molecule has 1 rings (SSSR count). The maximum atomic E-state index is 12.9. The van der Waals surface area contributed by atoms with Gasteiger partial charge >= 0.3 is 11.9 Å². The van der Waals surface area contributed by atoms with Gasteiger partial charge in [0.05, 0.1) is 13.1 Å². The number of nitrogens with one attached hydrogen (secondary N) is 1. The van der Waals surface area contributed by atoms with Gasteiger partial charge in [0.15, 0.2) is 0 Å². The molecule has 7 nitrogen and oxygen atoms in total. The van der Waals surface area contributed by atoms with Crippen LogP contribution in [0.3, 0.4) is 0 Å². The van der Waals surface area contributed by atoms with Gasteiger partial charge in [0.1, 0.15) is 5.82 Å². The molecular formula is C13H15FN2O5. The quantitative estimate of drug-likeness (QED) is 0.649. The lowest BCUT2D eigenvalue weighted by atomic mass is 10.3. The fourth-order valence-electron chi connectivity index (χ4n) is 1.65. The van der Waals surface area contributed by atoms with E-state index in [0.29, 0.717) is 0 Å². The Morgan fingerprint density at radius 3 is 2.29 bits per heavy atom. The third-order valence-corrected chi connectivity index (χ3v) is 2.48. The summed E-state index contributed by atoms with van der Waals surface area (Å²) in [4.78, 5) is 33.9. The summed E-state index contributed by atoms with van der Waals surface area (Å²) < 4.78 is 12.9. The molecule has 0 aromatic heterocycles. The van der Waals surface area contributed by atoms with E-state index in [-0.39, 0.29) is 18.7 Å². The van der Waals surface area contributed by atoms with E-state index in [1.165, 1.54) is 18.2 Å². The second kappa shape index (κ2) is 7.95. The zero-order chi connectivity index (χ0) is 15.8. The average Bonchev–Trinajstić information content (AvgIpc) is 2.34. The average molecular weight is 298 g/mol. The molecule has 0 radical (unpaired) electrons. The van der Waals surface area contributed by atoms with E-state index in [1.807, 2.05) is 0 Å². The van der Waals surface area contributed by atoms with Crippen molar-refractivity contribution in [2.24, 2.45) is 0 Å². The zero-order valence-corrected chi connectivity index (χ0v) is 11.1. The van der Waals surface area contributed by atoms with Crippen molar-refractivity contribution in [1.82, 2.24) is 4.90 Å². The third-order valence-electron chi connectivity index (χ3n) is 2.48. The first-order valence-electron chi connectivity index (χ1n) is 6.08. The van der Waals surface area contributed by atoms with E-state index in [9.17, 15) is 18.8 Å². The first-order valence-corrected chi connectivity index (χ1v) is 6.08. The molecule has 114 valence electrons. The molecule has 0 fully saturated rings. The Morgan fingerprint density at radius 1 is 1.14 bits per heavy atom. The Bertz CT molecular complexity index is 519. The number of carboxylic acids is 2. The molecular weight excluding hydrogens is 283 g/mol. The monoisotopic (exact) mass is 298 g/mol. The van der Waals surface area contributed by atoms with Crippen molar-refractivity contribution >= 4 is 23.5 Å². The lowest BCUT2D eigenvalue weighted by Gasteiger charge is -2.17. The van der Waals surface area contributed by atoms with Gasteiger partial charge in [0.25, 0.3) is 0 Å². The number of anilines is 1. The molecule has 1 aromatic carbocycles. The molecule has 0 aliphatic heterocycles. The summed E-state index contributed by atoms with van der Waals surface area (Å²) in [5.74, 6) is -3.31. The number of nitrogens with zero attached hydrogens (tertiary/aromatic N) is 1. The predicted molar refractivity (Wildman–Crippen MR) is 71.4 cm³/mol. The largest absolute Gasteiger partial charge is 0.480 e. The van der Waals surface area contributed by atoms with E-state index >= 15 is 0 Å². The maximum Gasteiger partial charge on any atom is 0.317 e. The van der Waals surface area contributed by atoms with E-state index in [1.54, 1.807) is 0 Å². The molecule has 0 bridgehead atoms. The van der Waals surface area contributed by atoms with Gasteiger partial charge in [-0.2, -0.15) is 0 Å². The minimum absolute atomic E-state index is 0.0280. The molecule has 0 aliphatic rings. The third kappa shape index (κ3) is 7.02. The van der Waals surface area contributed by atoms with Crippen molar-refractivity contribution in [2.75, 3.05) is 25.0 Å². The summed E-state index contributed by atoms with van der Waals surface area (Å²) in [6.07, 6.45) is -0.100. The molecule has 0 aliphatic carbocycles. The van der Waals surface area contributed by atoms with Crippen LogP contribution in [0.1, 0.15) is 6.42 Å². The lowest BCUT2D eigenvalue weighted by Crippen LogP contribution is -2.36. The van der Waals surface area contributed by atoms with Gasteiger partial charge in [-0.05, 0) is 18.2 Å². The SMILES string of the molecule is O=C(O)CN(CCC(=O)Nc1cccc(F)c1)CC(=O)O. The van der Waals surface area contributed by atoms with Crippen LogP contribution in [0.25, 0.3) is 0 Å². The lowest BCUT2D eigenvalue weighted by molar-refractivity contribution is -0.142. The minimum Gasteiger partial charge on any atom is -0.480 e. The highest BCUT2D eigenvalue weighted by atomic mass is 19.1. The van der Waals surface area contributed by atoms with Crippen molar-refractivity contribution in [2.45, 2.75) is 6.42 Å². The van der Waals surface area contributed by atoms with Crippen LogP contribution in [-0.4, -0.2) is 52.6 Å². The highest BCUT2D eigenvalue weighted by Crippen LogP contribution is 2.09. The Morgan fingerprint density at radius 2 is 1.76 bits per heavy atom. The number of amides is 1. The summed E-state index contributed by atoms with van der Waals surface area (Å²) >= 11 is 0. The number of benzene rings is 1. The minimum atomic E-state index is -1.18. The van der Waals surface area contributed by atoms with Gasteiger partial charge in [-0.3, -0.25) is 19.3 Å². The van der Waals surface area contributed by atoms with Gasteiger partial charge < -0.3 is 15.5 Å². The number of carbonyl (C=O) groups is 3. The van der Waals surface area contributed by atoms with Gasteiger partial charge in [0, 0.05) is 18.7 Å². The number of rotatable bonds is 8. The number of aliphatic carboxylic acids is 2. The van der Waals surface area contributed by atoms with Crippen molar-refractivity contribution in [3.8, 4) is 0 Å². The summed E-state index contributed by atoms with van der Waals surface area (Å²) in [6, 6.07) is 5.32. The van der Waals surface area contributed by atoms with Crippen LogP contribution >= 0.6 is 0 Å². The summed E-state index contributed by atoms with van der Waals surface area (Å²) in [5, 5.41) is 19.7. The summed E-state index contributed by atoms with van der Waals surface area (Å²) in [6.45, 7) is -0.973. The van der Waals surface area contributed by atoms with Crippen LogP contribution in [0.2, 0.25) is 0 Å². The molecule has 3 N–H and O–H groups in total. The van der Waals surface area contributed by atoms with E-state index in [2.05, 4.69) is 5.32 Å². The first-order chi connectivity index (χ1) is 9.86. The second-order valence-electron chi connectivity index (χ2n) is 4.31. The van der Waals surface area contributed by atoms with Crippen LogP contribution in [0, 0.1) is 5.82 Å². The number of hydrogen-bond acceptors (Lipinski definition) is 4. The van der Waals surface area contributed by atoms with Crippen molar-refractivity contribution in [3.05, 3.63) is 30.1 Å². The fraction of sp³-hybridized carbons (Fsp3) is 0.308. The molecule has 0 saturated heterocycles. The highest BCUT2D eigenvalue weighted by molar-refractivity contribution is 5.90. The van der Waals surface area contributed by atoms with E-state index in [0.717, 1.165) is 11.0 Å². The van der Waals surface area contributed by atoms with E-state index in [4.69, 9.17) is 10.2 Å². The molecule has 0 atom stereocenters. The smallest absolute Gasteiger partial charge is 0.317 e. The van der Waals surface area contributed by atoms with Gasteiger partial charge in [-0.25, -0.2) is 4.39 Å². The molecule has 0 heterocycles. The number of carboxylic acid groups (broad SMARTS) is 2. The summed E-state index contributed by atoms with van der Waals surface area (Å²) in [5.41, 5.74) is 0.281. The van der Waals surface area contributed by atoms with Crippen LogP contribution < -0.4 is 5.32 Å². The highest BCUT2D eigenvalue weighted by Gasteiger charge is 2.15. The van der Waals surface area contributed by atoms with Gasteiger partial charge in [0.2, 0.25) is 5.91 Å². The molecule has 8 heteroatoms. The molecule has 0 saturated carbocycles. The number of hydrogen-bond donors (Lipinski definition) is 3. The molecule has 0 unspecified atom stereocenters. The first kappa shape index (κ1) is 16.6. The standard InChI is InChI=1S/C13H15FN2O5/c14-9-2-1-3-10(6-9)15-11(17)4-5-16(7-12(18)19)8-13(20)21/h1-3,6H,4-5,7-8H2,(H,15,17)(H,18,19)(H,20,21). The topological polar surface area (TPSA) is 107 Å². The van der Waals surface area contributed by atoms with Crippen molar-refractivity contribution < 1.29 is 29.0 Å². The Balaban J connectivity index is 2.48. The number of halogens is 1. The van der Waals surface area contributed by atoms with Crippen LogP contribution in [-0.2, 0) is 14.4 Å². The molecule has 1 amide bonds. The Kier molecular flexibility index (Phi) is 6.28. The predicted octanol–water partition coefficient (Wildman–Crippen LogP) is 0.625. The van der Waals surface area contributed by atoms with E-state index < -0.39 is 36.8 Å². The fourth-order valence-corrected chi connectivity index (χ4v) is 1.65. The van der Waals surface area contributed by atoms with Crippen molar-refractivity contribution in [1.29, 1.82) is 0 Å². The zero-order valence-electron chi connectivity index (χ0n) is 11.1. The molecule has 21 heavy (non-hydrogen) atoms. The van der Waals surface area contributed by atoms with Gasteiger partial charge in [-0.1, -0.05) is 6.07 Å².